The molecule has 0 saturated carbocycles. The predicted octanol–water partition coefficient (Wildman–Crippen LogP) is 3.76. The Kier molecular flexibility index (Phi) is 6.19. The van der Waals surface area contributed by atoms with E-state index in [1.165, 1.54) is 23.0 Å². The van der Waals surface area contributed by atoms with Gasteiger partial charge in [-0.2, -0.15) is 5.10 Å². The molecule has 0 radical (unpaired) electrons. The average Bonchev–Trinajstić information content (AvgIpc) is 3.02. The molecule has 2 aromatic heterocycles. The van der Waals surface area contributed by atoms with E-state index in [9.17, 15) is 17.2 Å². The first-order chi connectivity index (χ1) is 15.9. The molecule has 2 aromatic carbocycles. The molecular weight excluding hydrogens is 486 g/mol. The van der Waals surface area contributed by atoms with Gasteiger partial charge in [0.25, 0.3) is 0 Å². The molecule has 0 aliphatic carbocycles. The first-order valence-corrected chi connectivity index (χ1v) is 12.3. The number of sulfonamides is 1. The number of benzene rings is 2. The van der Waals surface area contributed by atoms with Crippen LogP contribution in [0.1, 0.15) is 17.3 Å². The predicted molar refractivity (Wildman–Crippen MR) is 129 cm³/mol. The molecule has 4 rings (SSSR count). The van der Waals surface area contributed by atoms with Gasteiger partial charge in [0.15, 0.2) is 5.82 Å². The molecule has 1 atom stereocenters. The number of pyridine rings is 1. The summed E-state index contributed by atoms with van der Waals surface area (Å²) in [5.41, 5.74) is 15.3. The lowest BCUT2D eigenvalue weighted by Gasteiger charge is -2.18. The normalized spacial score (nSPS) is 12.8. The number of nitrogens with one attached hydrogen (secondary N) is 1. The zero-order chi connectivity index (χ0) is 24.8. The third-order valence-electron chi connectivity index (χ3n) is 5.18. The van der Waals surface area contributed by atoms with Gasteiger partial charge >= 0.3 is 0 Å². The molecule has 178 valence electrons. The maximum atomic E-state index is 13.7. The zero-order valence-corrected chi connectivity index (χ0v) is 19.8. The molecule has 12 heteroatoms. The van der Waals surface area contributed by atoms with Crippen molar-refractivity contribution in [3.05, 3.63) is 70.5 Å². The van der Waals surface area contributed by atoms with Gasteiger partial charge < -0.3 is 11.5 Å². The minimum absolute atomic E-state index is 0.0739. The Hall–Kier alpha value is -3.28. The van der Waals surface area contributed by atoms with Gasteiger partial charge in [0.1, 0.15) is 11.6 Å². The molecule has 8 nitrogen and oxygen atoms in total. The minimum atomic E-state index is -3.62. The maximum absolute atomic E-state index is 13.7. The van der Waals surface area contributed by atoms with Gasteiger partial charge in [-0.05, 0) is 36.2 Å². The van der Waals surface area contributed by atoms with Crippen molar-refractivity contribution in [3.63, 3.8) is 0 Å². The summed E-state index contributed by atoms with van der Waals surface area (Å²) in [4.78, 5) is 4.41. The summed E-state index contributed by atoms with van der Waals surface area (Å²) in [5, 5.41) is 4.96. The summed E-state index contributed by atoms with van der Waals surface area (Å²) < 4.78 is 54.9. The fourth-order valence-electron chi connectivity index (χ4n) is 3.92. The quantitative estimate of drug-likeness (QED) is 0.365. The van der Waals surface area contributed by atoms with Crippen molar-refractivity contribution >= 4 is 44.0 Å². The fraction of sp³-hybridized carbons (Fsp3) is 0.182. The molecule has 4 aromatic rings. The van der Waals surface area contributed by atoms with Crippen molar-refractivity contribution in [1.82, 2.24) is 14.8 Å². The lowest BCUT2D eigenvalue weighted by molar-refractivity contribution is 0.575. The lowest BCUT2D eigenvalue weighted by atomic mass is 9.94. The molecule has 0 bridgehead atoms. The molecule has 2 heterocycles. The maximum Gasteiger partial charge on any atom is 0.231 e. The van der Waals surface area contributed by atoms with Crippen molar-refractivity contribution in [2.75, 3.05) is 16.7 Å². The smallest absolute Gasteiger partial charge is 0.231 e. The second-order valence-electron chi connectivity index (χ2n) is 7.95. The van der Waals surface area contributed by atoms with Crippen molar-refractivity contribution in [2.45, 2.75) is 12.5 Å². The number of aryl methyl sites for hydroxylation is 1. The Morgan fingerprint density at radius 3 is 2.47 bits per heavy atom. The van der Waals surface area contributed by atoms with Crippen molar-refractivity contribution < 1.29 is 17.2 Å². The summed E-state index contributed by atoms with van der Waals surface area (Å²) in [6.07, 6.45) is 2.57. The van der Waals surface area contributed by atoms with Crippen LogP contribution in [-0.4, -0.2) is 29.4 Å². The van der Waals surface area contributed by atoms with Crippen molar-refractivity contribution in [3.8, 4) is 11.1 Å². The van der Waals surface area contributed by atoms with Gasteiger partial charge in [0.2, 0.25) is 10.0 Å². The second-order valence-corrected chi connectivity index (χ2v) is 10.1. The number of fused-ring (bicyclic) bond motifs is 1. The van der Waals surface area contributed by atoms with E-state index in [1.54, 1.807) is 25.2 Å². The van der Waals surface area contributed by atoms with Crippen LogP contribution in [0.25, 0.3) is 22.0 Å². The monoisotopic (exact) mass is 506 g/mol. The van der Waals surface area contributed by atoms with E-state index in [0.717, 1.165) is 12.3 Å². The van der Waals surface area contributed by atoms with Gasteiger partial charge in [0.05, 0.1) is 45.8 Å². The summed E-state index contributed by atoms with van der Waals surface area (Å²) in [5.74, 6) is -1.33. The summed E-state index contributed by atoms with van der Waals surface area (Å²) in [7, 11) is -1.97. The van der Waals surface area contributed by atoms with Crippen LogP contribution >= 0.6 is 11.6 Å². The number of aromatic nitrogens is 3. The molecule has 34 heavy (non-hydrogen) atoms. The zero-order valence-electron chi connectivity index (χ0n) is 18.2. The van der Waals surface area contributed by atoms with E-state index >= 15 is 0 Å². The van der Waals surface area contributed by atoms with Gasteiger partial charge in [-0.25, -0.2) is 17.2 Å². The topological polar surface area (TPSA) is 129 Å². The molecule has 5 N–H and O–H groups in total. The molecule has 0 aliphatic heterocycles. The Labute approximate surface area is 199 Å². The Bertz CT molecular complexity index is 1500. The highest BCUT2D eigenvalue weighted by Gasteiger charge is 2.23. The second kappa shape index (κ2) is 8.82. The summed E-state index contributed by atoms with van der Waals surface area (Å²) >= 11 is 6.41. The number of hydrogen-bond donors (Lipinski definition) is 3. The molecule has 0 amide bonds. The van der Waals surface area contributed by atoms with Crippen LogP contribution in [0.3, 0.4) is 0 Å². The van der Waals surface area contributed by atoms with Gasteiger partial charge in [-0.3, -0.25) is 14.4 Å². The number of nitrogens with zero attached hydrogens (tertiary/aromatic N) is 3. The molecule has 0 saturated heterocycles. The van der Waals surface area contributed by atoms with Crippen LogP contribution in [0, 0.1) is 11.6 Å². The number of anilines is 2. The first-order valence-electron chi connectivity index (χ1n) is 10.0. The van der Waals surface area contributed by atoms with Crippen LogP contribution in [0.2, 0.25) is 5.02 Å². The van der Waals surface area contributed by atoms with Crippen LogP contribution < -0.4 is 16.2 Å². The van der Waals surface area contributed by atoms with Crippen LogP contribution in [0.15, 0.2) is 42.6 Å². The van der Waals surface area contributed by atoms with Crippen LogP contribution in [-0.2, 0) is 23.5 Å². The van der Waals surface area contributed by atoms with Crippen molar-refractivity contribution in [1.29, 1.82) is 0 Å². The Morgan fingerprint density at radius 1 is 1.15 bits per heavy atom. The highest BCUT2D eigenvalue weighted by Crippen LogP contribution is 2.39. The van der Waals surface area contributed by atoms with E-state index < -0.39 is 27.7 Å². The van der Waals surface area contributed by atoms with E-state index in [0.29, 0.717) is 39.0 Å². The van der Waals surface area contributed by atoms with Gasteiger partial charge in [-0.1, -0.05) is 17.7 Å². The van der Waals surface area contributed by atoms with Gasteiger partial charge in [-0.15, -0.1) is 0 Å². The molecule has 0 fully saturated rings. The number of hydrogen-bond acceptors (Lipinski definition) is 6. The Morgan fingerprint density at radius 2 is 1.82 bits per heavy atom. The van der Waals surface area contributed by atoms with E-state index in [2.05, 4.69) is 14.8 Å². The third kappa shape index (κ3) is 4.81. The summed E-state index contributed by atoms with van der Waals surface area (Å²) in [6, 6.07) is 7.49. The lowest BCUT2D eigenvalue weighted by Crippen LogP contribution is -2.17. The minimum Gasteiger partial charge on any atom is -0.397 e. The highest BCUT2D eigenvalue weighted by atomic mass is 35.5. The number of halogens is 3. The standard InChI is InChI=1S/C22H21ClF2N6O2S/c1-31-21-15(3-4-17(23)19(21)22(29-31)30-34(2,32)33)16-9-14(26)10-28-20(16)18(27)7-11-5-12(24)8-13(25)6-11/h3-6,8-10,18H,7,26-27H2,1-2H3,(H,29,30). The fourth-order valence-corrected chi connectivity index (χ4v) is 4.66. The first kappa shape index (κ1) is 23.9. The number of rotatable bonds is 6. The van der Waals surface area contributed by atoms with Crippen molar-refractivity contribution in [2.24, 2.45) is 12.8 Å². The third-order valence-corrected chi connectivity index (χ3v) is 6.06. The molecule has 1 unspecified atom stereocenters. The number of nitrogen functional groups attached to an aromatic ring is 1. The highest BCUT2D eigenvalue weighted by molar-refractivity contribution is 7.92. The van der Waals surface area contributed by atoms with E-state index in [4.69, 9.17) is 23.1 Å². The summed E-state index contributed by atoms with van der Waals surface area (Å²) in [6.45, 7) is 0. The van der Waals surface area contributed by atoms with Crippen LogP contribution in [0.5, 0.6) is 0 Å². The van der Waals surface area contributed by atoms with Crippen LogP contribution in [0.4, 0.5) is 20.3 Å². The molecule has 0 spiro atoms. The number of nitrogens with two attached hydrogens (primary N) is 2. The molecular formula is C22H21ClF2N6O2S. The largest absolute Gasteiger partial charge is 0.397 e. The average molecular weight is 507 g/mol. The molecule has 0 aliphatic rings. The SMILES string of the molecule is Cn1nc(NS(C)(=O)=O)c2c(Cl)ccc(-c3cc(N)cnc3C(N)Cc3cc(F)cc(F)c3)c21. The van der Waals surface area contributed by atoms with E-state index in [-0.39, 0.29) is 17.3 Å². The van der Waals surface area contributed by atoms with Gasteiger partial charge in [0, 0.05) is 24.2 Å². The Balaban J connectivity index is 1.88. The van der Waals surface area contributed by atoms with E-state index in [1.807, 2.05) is 0 Å².